The zero-order valence-corrected chi connectivity index (χ0v) is 13.6. The Balaban J connectivity index is 1.86. The minimum Gasteiger partial charge on any atom is -0.391 e. The number of carbonyl (C=O) groups is 1. The number of hydrogen-bond acceptors (Lipinski definition) is 3. The predicted octanol–water partition coefficient (Wildman–Crippen LogP) is 1.92. The van der Waals surface area contributed by atoms with Gasteiger partial charge in [0.1, 0.15) is 0 Å². The minimum atomic E-state index is -0.543. The van der Waals surface area contributed by atoms with E-state index < -0.39 is 6.10 Å². The number of methoxy groups -OCH3 is 1. The van der Waals surface area contributed by atoms with Gasteiger partial charge in [0.2, 0.25) is 0 Å². The van der Waals surface area contributed by atoms with Crippen molar-refractivity contribution < 1.29 is 14.6 Å². The maximum atomic E-state index is 12.0. The number of aryl methyl sites for hydroxylation is 1. The lowest BCUT2D eigenvalue weighted by atomic mass is 10.0. The van der Waals surface area contributed by atoms with Gasteiger partial charge in [0.25, 0.3) is 0 Å². The molecule has 0 spiro atoms. The molecular formula is C17H26N2O3. The van der Waals surface area contributed by atoms with Crippen LogP contribution < -0.4 is 10.6 Å². The zero-order valence-electron chi connectivity index (χ0n) is 13.6. The molecule has 0 saturated carbocycles. The van der Waals surface area contributed by atoms with E-state index in [2.05, 4.69) is 42.7 Å². The highest BCUT2D eigenvalue weighted by Gasteiger charge is 2.30. The maximum Gasteiger partial charge on any atom is 0.315 e. The Kier molecular flexibility index (Phi) is 5.80. The second-order valence-corrected chi connectivity index (χ2v) is 6.16. The molecule has 1 aromatic rings. The van der Waals surface area contributed by atoms with Crippen LogP contribution in [0.4, 0.5) is 4.79 Å². The van der Waals surface area contributed by atoms with Gasteiger partial charge in [0.05, 0.1) is 18.8 Å². The Hall–Kier alpha value is -1.59. The molecule has 0 radical (unpaired) electrons. The van der Waals surface area contributed by atoms with Crippen LogP contribution in [0.15, 0.2) is 18.2 Å². The van der Waals surface area contributed by atoms with Gasteiger partial charge in [-0.2, -0.15) is 0 Å². The van der Waals surface area contributed by atoms with Crippen LogP contribution in [0.3, 0.4) is 0 Å². The van der Waals surface area contributed by atoms with Gasteiger partial charge < -0.3 is 20.5 Å². The first-order valence-corrected chi connectivity index (χ1v) is 7.82. The first-order valence-electron chi connectivity index (χ1n) is 7.82. The van der Waals surface area contributed by atoms with Gasteiger partial charge in [-0.15, -0.1) is 0 Å². The normalized spacial score (nSPS) is 21.3. The van der Waals surface area contributed by atoms with Gasteiger partial charge in [-0.3, -0.25) is 0 Å². The summed E-state index contributed by atoms with van der Waals surface area (Å²) in [4.78, 5) is 12.0. The standard InChI is InChI=1S/C17H26N2O3/c1-11-4-5-13-9-12(2)16(15(13)8-11)19-17(21)18-7-6-14(20)10-22-3/h4-5,8,12,14,16,20H,6-7,9-10H2,1-3H3,(H2,18,19,21). The van der Waals surface area contributed by atoms with Crippen molar-refractivity contribution in [2.75, 3.05) is 20.3 Å². The van der Waals surface area contributed by atoms with Crippen LogP contribution in [0, 0.1) is 12.8 Å². The van der Waals surface area contributed by atoms with Crippen LogP contribution >= 0.6 is 0 Å². The second kappa shape index (κ2) is 7.61. The van der Waals surface area contributed by atoms with Crippen molar-refractivity contribution >= 4 is 6.03 Å². The molecule has 3 unspecified atom stereocenters. The smallest absolute Gasteiger partial charge is 0.315 e. The third kappa shape index (κ3) is 4.21. The number of ether oxygens (including phenoxy) is 1. The first kappa shape index (κ1) is 16.8. The number of amides is 2. The molecule has 3 N–H and O–H groups in total. The quantitative estimate of drug-likeness (QED) is 0.752. The Morgan fingerprint density at radius 2 is 2.27 bits per heavy atom. The molecule has 3 atom stereocenters. The molecule has 0 saturated heterocycles. The average molecular weight is 306 g/mol. The summed E-state index contributed by atoms with van der Waals surface area (Å²) < 4.78 is 4.85. The van der Waals surface area contributed by atoms with Crippen LogP contribution in [0.5, 0.6) is 0 Å². The SMILES string of the molecule is COCC(O)CCNC(=O)NC1c2cc(C)ccc2CC1C. The Morgan fingerprint density at radius 3 is 3.00 bits per heavy atom. The molecule has 0 fully saturated rings. The fraction of sp³-hybridized carbons (Fsp3) is 0.588. The summed E-state index contributed by atoms with van der Waals surface area (Å²) in [6.07, 6.45) is 0.934. The third-order valence-corrected chi connectivity index (χ3v) is 4.16. The lowest BCUT2D eigenvalue weighted by Crippen LogP contribution is -2.40. The largest absolute Gasteiger partial charge is 0.391 e. The minimum absolute atomic E-state index is 0.0544. The molecule has 5 heteroatoms. The van der Waals surface area contributed by atoms with Crippen molar-refractivity contribution in [3.63, 3.8) is 0 Å². The fourth-order valence-corrected chi connectivity index (χ4v) is 3.00. The summed E-state index contributed by atoms with van der Waals surface area (Å²) in [6, 6.07) is 6.30. The summed E-state index contributed by atoms with van der Waals surface area (Å²) in [5.41, 5.74) is 3.75. The summed E-state index contributed by atoms with van der Waals surface area (Å²) in [7, 11) is 1.55. The molecule has 0 heterocycles. The highest BCUT2D eigenvalue weighted by molar-refractivity contribution is 5.74. The highest BCUT2D eigenvalue weighted by Crippen LogP contribution is 2.36. The molecule has 0 aliphatic heterocycles. The number of fused-ring (bicyclic) bond motifs is 1. The molecule has 1 aliphatic rings. The van der Waals surface area contributed by atoms with E-state index in [0.29, 0.717) is 18.9 Å². The monoisotopic (exact) mass is 306 g/mol. The van der Waals surface area contributed by atoms with E-state index in [1.165, 1.54) is 16.7 Å². The van der Waals surface area contributed by atoms with Crippen LogP contribution in [0.1, 0.15) is 36.1 Å². The molecule has 122 valence electrons. The van der Waals surface area contributed by atoms with Crippen molar-refractivity contribution in [1.29, 1.82) is 0 Å². The third-order valence-electron chi connectivity index (χ3n) is 4.16. The van der Waals surface area contributed by atoms with Crippen LogP contribution in [0.25, 0.3) is 0 Å². The number of rotatable bonds is 6. The molecule has 5 nitrogen and oxygen atoms in total. The Bertz CT molecular complexity index is 519. The predicted molar refractivity (Wildman–Crippen MR) is 85.8 cm³/mol. The van der Waals surface area contributed by atoms with Crippen LogP contribution in [0.2, 0.25) is 0 Å². The number of carbonyl (C=O) groups excluding carboxylic acids is 1. The highest BCUT2D eigenvalue weighted by atomic mass is 16.5. The molecule has 2 amide bonds. The van der Waals surface area contributed by atoms with Crippen LogP contribution in [-0.4, -0.2) is 37.5 Å². The molecule has 2 rings (SSSR count). The number of aliphatic hydroxyl groups excluding tert-OH is 1. The number of benzene rings is 1. The van der Waals surface area contributed by atoms with E-state index in [1.54, 1.807) is 7.11 Å². The molecule has 0 bridgehead atoms. The van der Waals surface area contributed by atoms with E-state index in [4.69, 9.17) is 4.74 Å². The fourth-order valence-electron chi connectivity index (χ4n) is 3.00. The van der Waals surface area contributed by atoms with Crippen LogP contribution in [-0.2, 0) is 11.2 Å². The topological polar surface area (TPSA) is 70.6 Å². The number of nitrogens with one attached hydrogen (secondary N) is 2. The van der Waals surface area contributed by atoms with Gasteiger partial charge in [-0.25, -0.2) is 4.79 Å². The summed E-state index contributed by atoms with van der Waals surface area (Å²) >= 11 is 0. The van der Waals surface area contributed by atoms with Crippen molar-refractivity contribution in [3.05, 3.63) is 34.9 Å². The summed E-state index contributed by atoms with van der Waals surface area (Å²) in [6.45, 7) is 4.94. The summed E-state index contributed by atoms with van der Waals surface area (Å²) in [5, 5.41) is 15.4. The van der Waals surface area contributed by atoms with E-state index in [-0.39, 0.29) is 18.7 Å². The van der Waals surface area contributed by atoms with E-state index in [1.807, 2.05) is 0 Å². The molecule has 1 aliphatic carbocycles. The summed E-state index contributed by atoms with van der Waals surface area (Å²) in [5.74, 6) is 0.390. The van der Waals surface area contributed by atoms with Gasteiger partial charge in [0.15, 0.2) is 0 Å². The first-order chi connectivity index (χ1) is 10.5. The van der Waals surface area contributed by atoms with Gasteiger partial charge >= 0.3 is 6.03 Å². The second-order valence-electron chi connectivity index (χ2n) is 6.16. The molecule has 22 heavy (non-hydrogen) atoms. The Morgan fingerprint density at radius 1 is 1.50 bits per heavy atom. The number of aliphatic hydroxyl groups is 1. The lowest BCUT2D eigenvalue weighted by Gasteiger charge is -2.20. The van der Waals surface area contributed by atoms with Crippen molar-refractivity contribution in [2.24, 2.45) is 5.92 Å². The maximum absolute atomic E-state index is 12.0. The zero-order chi connectivity index (χ0) is 16.1. The van der Waals surface area contributed by atoms with Crippen molar-refractivity contribution in [1.82, 2.24) is 10.6 Å². The van der Waals surface area contributed by atoms with Crippen molar-refractivity contribution in [2.45, 2.75) is 38.8 Å². The van der Waals surface area contributed by atoms with Crippen molar-refractivity contribution in [3.8, 4) is 0 Å². The molecule has 0 aromatic heterocycles. The molecule has 1 aromatic carbocycles. The number of hydrogen-bond donors (Lipinski definition) is 3. The number of urea groups is 1. The van der Waals surface area contributed by atoms with Gasteiger partial charge in [-0.05, 0) is 36.8 Å². The van der Waals surface area contributed by atoms with E-state index >= 15 is 0 Å². The van der Waals surface area contributed by atoms with Gasteiger partial charge in [-0.1, -0.05) is 30.7 Å². The van der Waals surface area contributed by atoms with E-state index in [0.717, 1.165) is 6.42 Å². The molecular weight excluding hydrogens is 280 g/mol. The lowest BCUT2D eigenvalue weighted by molar-refractivity contribution is 0.0598. The van der Waals surface area contributed by atoms with Gasteiger partial charge in [0, 0.05) is 13.7 Å². The average Bonchev–Trinajstić information content (AvgIpc) is 2.75. The Labute approximate surface area is 132 Å². The van der Waals surface area contributed by atoms with E-state index in [9.17, 15) is 9.90 Å².